The largest absolute Gasteiger partial charge is 0.338 e. The minimum atomic E-state index is -0.426. The predicted molar refractivity (Wildman–Crippen MR) is 87.5 cm³/mol. The Bertz CT molecular complexity index is 743. The highest BCUT2D eigenvalue weighted by Gasteiger charge is 2.28. The van der Waals surface area contributed by atoms with Crippen molar-refractivity contribution in [3.63, 3.8) is 0 Å². The summed E-state index contributed by atoms with van der Waals surface area (Å²) in [5.74, 6) is 0.306. The number of hydrogen-bond acceptors (Lipinski definition) is 3. The van der Waals surface area contributed by atoms with Gasteiger partial charge in [-0.1, -0.05) is 30.3 Å². The molecule has 23 heavy (non-hydrogen) atoms. The first-order valence-electron chi connectivity index (χ1n) is 7.65. The minimum absolute atomic E-state index is 0.0464. The van der Waals surface area contributed by atoms with Crippen molar-refractivity contribution in [2.75, 3.05) is 13.1 Å². The number of likely N-dealkylation sites (tertiary alicyclic amines) is 1. The van der Waals surface area contributed by atoms with E-state index in [0.717, 1.165) is 6.42 Å². The zero-order valence-corrected chi connectivity index (χ0v) is 12.9. The normalized spacial score (nSPS) is 17.3. The summed E-state index contributed by atoms with van der Waals surface area (Å²) in [5.41, 5.74) is 2.33. The lowest BCUT2D eigenvalue weighted by Crippen LogP contribution is -2.28. The van der Waals surface area contributed by atoms with Crippen molar-refractivity contribution in [2.24, 2.45) is 0 Å². The van der Waals surface area contributed by atoms with E-state index >= 15 is 0 Å². The topological polar surface area (TPSA) is 63.5 Å². The maximum absolute atomic E-state index is 12.6. The molecule has 0 bridgehead atoms. The number of carbonyl (C=O) groups excluding carboxylic acids is 1. The third-order valence-electron chi connectivity index (χ3n) is 4.39. The second kappa shape index (κ2) is 6.20. The zero-order valence-electron chi connectivity index (χ0n) is 12.9. The van der Waals surface area contributed by atoms with Gasteiger partial charge in [-0.25, -0.2) is 0 Å². The maximum atomic E-state index is 12.6. The molecule has 2 aromatic rings. The molecule has 2 aromatic carbocycles. The van der Waals surface area contributed by atoms with Gasteiger partial charge < -0.3 is 4.90 Å². The van der Waals surface area contributed by atoms with Gasteiger partial charge in [0.2, 0.25) is 0 Å². The molecule has 5 heteroatoms. The molecule has 0 N–H and O–H groups in total. The van der Waals surface area contributed by atoms with E-state index in [9.17, 15) is 14.9 Å². The van der Waals surface area contributed by atoms with Gasteiger partial charge in [0.1, 0.15) is 0 Å². The van der Waals surface area contributed by atoms with Crippen LogP contribution in [-0.4, -0.2) is 28.8 Å². The SMILES string of the molecule is Cc1cc(C(=O)N2CCC(c3ccccc3)C2)ccc1[N+](=O)[O-]. The van der Waals surface area contributed by atoms with Crippen molar-refractivity contribution in [2.45, 2.75) is 19.3 Å². The molecule has 1 aliphatic rings. The summed E-state index contributed by atoms with van der Waals surface area (Å²) >= 11 is 0. The van der Waals surface area contributed by atoms with Gasteiger partial charge in [-0.15, -0.1) is 0 Å². The molecular formula is C18H18N2O3. The first-order chi connectivity index (χ1) is 11.1. The van der Waals surface area contributed by atoms with Gasteiger partial charge in [0.05, 0.1) is 4.92 Å². The third kappa shape index (κ3) is 3.08. The number of nitro groups is 1. The van der Waals surface area contributed by atoms with E-state index in [4.69, 9.17) is 0 Å². The monoisotopic (exact) mass is 310 g/mol. The van der Waals surface area contributed by atoms with E-state index in [1.807, 2.05) is 23.1 Å². The molecule has 0 spiro atoms. The average molecular weight is 310 g/mol. The fourth-order valence-corrected chi connectivity index (χ4v) is 3.12. The van der Waals surface area contributed by atoms with Crippen molar-refractivity contribution in [1.29, 1.82) is 0 Å². The Hall–Kier alpha value is -2.69. The van der Waals surface area contributed by atoms with Gasteiger partial charge in [0.25, 0.3) is 11.6 Å². The molecule has 0 aromatic heterocycles. The molecule has 3 rings (SSSR count). The Morgan fingerprint density at radius 3 is 2.61 bits per heavy atom. The van der Waals surface area contributed by atoms with E-state index in [1.165, 1.54) is 11.6 Å². The summed E-state index contributed by atoms with van der Waals surface area (Å²) in [5, 5.41) is 10.9. The fourth-order valence-electron chi connectivity index (χ4n) is 3.12. The van der Waals surface area contributed by atoms with Crippen LogP contribution in [0.3, 0.4) is 0 Å². The number of rotatable bonds is 3. The number of hydrogen-bond donors (Lipinski definition) is 0. The highest BCUT2D eigenvalue weighted by molar-refractivity contribution is 5.95. The van der Waals surface area contributed by atoms with Crippen LogP contribution in [-0.2, 0) is 0 Å². The summed E-state index contributed by atoms with van der Waals surface area (Å²) in [6.45, 7) is 3.07. The van der Waals surface area contributed by atoms with Crippen molar-refractivity contribution in [1.82, 2.24) is 4.90 Å². The average Bonchev–Trinajstić information content (AvgIpc) is 3.04. The van der Waals surface area contributed by atoms with Crippen LogP contribution >= 0.6 is 0 Å². The van der Waals surface area contributed by atoms with Crippen LogP contribution in [0.2, 0.25) is 0 Å². The number of nitrogens with zero attached hydrogens (tertiary/aromatic N) is 2. The molecule has 1 aliphatic heterocycles. The van der Waals surface area contributed by atoms with Crippen LogP contribution < -0.4 is 0 Å². The van der Waals surface area contributed by atoms with E-state index < -0.39 is 4.92 Å². The lowest BCUT2D eigenvalue weighted by atomic mass is 9.99. The van der Waals surface area contributed by atoms with E-state index in [2.05, 4.69) is 12.1 Å². The summed E-state index contributed by atoms with van der Waals surface area (Å²) in [6, 6.07) is 14.8. The minimum Gasteiger partial charge on any atom is -0.338 e. The smallest absolute Gasteiger partial charge is 0.272 e. The number of benzene rings is 2. The van der Waals surface area contributed by atoms with E-state index in [1.54, 1.807) is 19.1 Å². The molecule has 5 nitrogen and oxygen atoms in total. The molecule has 0 radical (unpaired) electrons. The Balaban J connectivity index is 1.74. The standard InChI is InChI=1S/C18H18N2O3/c1-13-11-15(7-8-17(13)20(22)23)18(21)19-10-9-16(12-19)14-5-3-2-4-6-14/h2-8,11,16H,9-10,12H2,1H3. The van der Waals surface area contributed by atoms with Crippen LogP contribution in [0, 0.1) is 17.0 Å². The quantitative estimate of drug-likeness (QED) is 0.643. The second-order valence-electron chi connectivity index (χ2n) is 5.91. The number of amides is 1. The van der Waals surface area contributed by atoms with Crippen molar-refractivity contribution < 1.29 is 9.72 Å². The molecule has 1 heterocycles. The lowest BCUT2D eigenvalue weighted by molar-refractivity contribution is -0.385. The molecule has 1 atom stereocenters. The Kier molecular flexibility index (Phi) is 4.10. The summed E-state index contributed by atoms with van der Waals surface area (Å²) < 4.78 is 0. The van der Waals surface area contributed by atoms with Crippen molar-refractivity contribution in [3.8, 4) is 0 Å². The predicted octanol–water partition coefficient (Wildman–Crippen LogP) is 3.53. The summed E-state index contributed by atoms with van der Waals surface area (Å²) in [6.07, 6.45) is 0.946. The van der Waals surface area contributed by atoms with E-state index in [0.29, 0.717) is 30.1 Å². The molecule has 1 saturated heterocycles. The van der Waals surface area contributed by atoms with Crippen LogP contribution in [0.4, 0.5) is 5.69 Å². The van der Waals surface area contributed by atoms with Gasteiger partial charge in [-0.05, 0) is 31.0 Å². The Morgan fingerprint density at radius 1 is 1.22 bits per heavy atom. The highest BCUT2D eigenvalue weighted by atomic mass is 16.6. The molecule has 118 valence electrons. The third-order valence-corrected chi connectivity index (χ3v) is 4.39. The Morgan fingerprint density at radius 2 is 1.96 bits per heavy atom. The van der Waals surface area contributed by atoms with Gasteiger partial charge in [-0.3, -0.25) is 14.9 Å². The number of aryl methyl sites for hydroxylation is 1. The van der Waals surface area contributed by atoms with Crippen molar-refractivity contribution in [3.05, 3.63) is 75.3 Å². The molecule has 0 aliphatic carbocycles. The summed E-state index contributed by atoms with van der Waals surface area (Å²) in [4.78, 5) is 24.9. The van der Waals surface area contributed by atoms with E-state index in [-0.39, 0.29) is 11.6 Å². The summed E-state index contributed by atoms with van der Waals surface area (Å²) in [7, 11) is 0. The zero-order chi connectivity index (χ0) is 16.4. The molecule has 0 saturated carbocycles. The maximum Gasteiger partial charge on any atom is 0.272 e. The van der Waals surface area contributed by atoms with Crippen LogP contribution in [0.25, 0.3) is 0 Å². The first kappa shape index (κ1) is 15.2. The molecular weight excluding hydrogens is 292 g/mol. The van der Waals surface area contributed by atoms with Crippen LogP contribution in [0.1, 0.15) is 33.8 Å². The fraction of sp³-hybridized carbons (Fsp3) is 0.278. The molecule has 1 unspecified atom stereocenters. The highest BCUT2D eigenvalue weighted by Crippen LogP contribution is 2.28. The number of carbonyl (C=O) groups is 1. The van der Waals surface area contributed by atoms with Crippen molar-refractivity contribution >= 4 is 11.6 Å². The molecule has 1 fully saturated rings. The van der Waals surface area contributed by atoms with Gasteiger partial charge in [0.15, 0.2) is 0 Å². The first-order valence-corrected chi connectivity index (χ1v) is 7.65. The lowest BCUT2D eigenvalue weighted by Gasteiger charge is -2.17. The molecule has 1 amide bonds. The number of nitro benzene ring substituents is 1. The van der Waals surface area contributed by atoms with Crippen LogP contribution in [0.15, 0.2) is 48.5 Å². The van der Waals surface area contributed by atoms with Crippen LogP contribution in [0.5, 0.6) is 0 Å². The van der Waals surface area contributed by atoms with Gasteiger partial charge in [-0.2, -0.15) is 0 Å². The van der Waals surface area contributed by atoms with Gasteiger partial charge in [0, 0.05) is 36.2 Å². The van der Waals surface area contributed by atoms with Gasteiger partial charge >= 0.3 is 0 Å². The Labute approximate surface area is 134 Å². The second-order valence-corrected chi connectivity index (χ2v) is 5.91.